The van der Waals surface area contributed by atoms with Gasteiger partial charge >= 0.3 is 0 Å². The van der Waals surface area contributed by atoms with Crippen LogP contribution in [0.3, 0.4) is 0 Å². The summed E-state index contributed by atoms with van der Waals surface area (Å²) in [7, 11) is 1.73. The van der Waals surface area contributed by atoms with E-state index in [0.29, 0.717) is 18.5 Å². The molecule has 1 aromatic carbocycles. The van der Waals surface area contributed by atoms with E-state index in [-0.39, 0.29) is 36.6 Å². The van der Waals surface area contributed by atoms with Gasteiger partial charge in [0.15, 0.2) is 0 Å². The minimum absolute atomic E-state index is 0. The number of nitrogens with one attached hydrogen (secondary N) is 2. The van der Waals surface area contributed by atoms with Gasteiger partial charge in [-0.25, -0.2) is 4.39 Å². The number of piperidine rings is 1. The standard InChI is InChI=1S/C24H27FN4O2.H2/c1-28-10-8-15(11-22(28)30)18-7-9-26-13-19(18)24(31)29(17-5-6-17)14-16-12-27-21-4-2-3-20(25)23(16)21;/h2-4,8,10-12,17-19,26-27H,5-7,9,13-14H2,1H3;1H/t18-,19+;/m1./s1. The van der Waals surface area contributed by atoms with Crippen molar-refractivity contribution in [1.82, 2.24) is 19.8 Å². The van der Waals surface area contributed by atoms with Crippen molar-refractivity contribution in [1.29, 1.82) is 0 Å². The van der Waals surface area contributed by atoms with Crippen molar-refractivity contribution in [3.63, 3.8) is 0 Å². The zero-order chi connectivity index (χ0) is 21.5. The lowest BCUT2D eigenvalue weighted by molar-refractivity contribution is -0.138. The fourth-order valence-corrected chi connectivity index (χ4v) is 4.81. The summed E-state index contributed by atoms with van der Waals surface area (Å²) in [6.07, 6.45) is 6.35. The summed E-state index contributed by atoms with van der Waals surface area (Å²) in [6, 6.07) is 8.81. The van der Waals surface area contributed by atoms with Crippen LogP contribution in [0.1, 0.15) is 37.7 Å². The second kappa shape index (κ2) is 7.96. The van der Waals surface area contributed by atoms with Crippen LogP contribution >= 0.6 is 0 Å². The molecule has 5 rings (SSSR count). The number of H-pyrrole nitrogens is 1. The monoisotopic (exact) mass is 424 g/mol. The van der Waals surface area contributed by atoms with E-state index in [1.165, 1.54) is 6.07 Å². The largest absolute Gasteiger partial charge is 0.361 e. The lowest BCUT2D eigenvalue weighted by Gasteiger charge is -2.35. The second-order valence-corrected chi connectivity index (χ2v) is 8.79. The van der Waals surface area contributed by atoms with Gasteiger partial charge < -0.3 is 19.8 Å². The number of halogens is 1. The molecular weight excluding hydrogens is 395 g/mol. The molecule has 2 fully saturated rings. The highest BCUT2D eigenvalue weighted by Crippen LogP contribution is 2.36. The highest BCUT2D eigenvalue weighted by molar-refractivity contribution is 5.85. The van der Waals surface area contributed by atoms with Gasteiger partial charge in [0, 0.05) is 57.0 Å². The molecule has 6 nitrogen and oxygen atoms in total. The lowest BCUT2D eigenvalue weighted by atomic mass is 9.80. The van der Waals surface area contributed by atoms with Crippen LogP contribution in [-0.2, 0) is 18.4 Å². The van der Waals surface area contributed by atoms with Crippen LogP contribution in [0.5, 0.6) is 0 Å². The summed E-state index contributed by atoms with van der Waals surface area (Å²) in [6.45, 7) is 1.80. The number of rotatable bonds is 5. The number of hydrogen-bond acceptors (Lipinski definition) is 3. The summed E-state index contributed by atoms with van der Waals surface area (Å²) >= 11 is 0. The second-order valence-electron chi connectivity index (χ2n) is 8.79. The van der Waals surface area contributed by atoms with Crippen molar-refractivity contribution in [2.45, 2.75) is 37.8 Å². The number of carbonyl (C=O) groups is 1. The maximum absolute atomic E-state index is 14.5. The van der Waals surface area contributed by atoms with E-state index in [2.05, 4.69) is 10.3 Å². The molecule has 0 unspecified atom stereocenters. The molecule has 164 valence electrons. The van der Waals surface area contributed by atoms with Crippen LogP contribution in [0.25, 0.3) is 10.9 Å². The molecule has 1 saturated heterocycles. The Morgan fingerprint density at radius 3 is 2.90 bits per heavy atom. The Labute approximate surface area is 181 Å². The Morgan fingerprint density at radius 1 is 1.29 bits per heavy atom. The molecule has 3 heterocycles. The van der Waals surface area contributed by atoms with E-state index in [0.717, 1.165) is 42.5 Å². The average molecular weight is 425 g/mol. The zero-order valence-electron chi connectivity index (χ0n) is 17.6. The van der Waals surface area contributed by atoms with E-state index in [9.17, 15) is 14.0 Å². The average Bonchev–Trinajstić information content (AvgIpc) is 3.53. The van der Waals surface area contributed by atoms with Gasteiger partial charge in [-0.1, -0.05) is 6.07 Å². The molecule has 0 bridgehead atoms. The van der Waals surface area contributed by atoms with Crippen molar-refractivity contribution in [2.75, 3.05) is 13.1 Å². The fraction of sp³-hybridized carbons (Fsp3) is 0.417. The Balaban J connectivity index is 0.00000245. The number of pyridine rings is 1. The first-order chi connectivity index (χ1) is 15.0. The highest BCUT2D eigenvalue weighted by atomic mass is 19.1. The van der Waals surface area contributed by atoms with Crippen LogP contribution in [0.4, 0.5) is 4.39 Å². The summed E-state index contributed by atoms with van der Waals surface area (Å²) in [5.74, 6) is -0.416. The molecule has 7 heteroatoms. The molecule has 1 aliphatic heterocycles. The highest BCUT2D eigenvalue weighted by Gasteiger charge is 2.40. The predicted octanol–water partition coefficient (Wildman–Crippen LogP) is 3.14. The Kier molecular flexibility index (Phi) is 5.14. The smallest absolute Gasteiger partial charge is 0.250 e. The predicted molar refractivity (Wildman–Crippen MR) is 119 cm³/mol. The van der Waals surface area contributed by atoms with Gasteiger partial charge in [0.2, 0.25) is 5.91 Å². The molecular formula is C24H29FN4O2. The third-order valence-corrected chi connectivity index (χ3v) is 6.70. The number of benzene rings is 1. The van der Waals surface area contributed by atoms with Gasteiger partial charge in [0.1, 0.15) is 5.82 Å². The number of carbonyl (C=O) groups excluding carboxylic acids is 1. The minimum atomic E-state index is -0.269. The summed E-state index contributed by atoms with van der Waals surface area (Å²) < 4.78 is 16.0. The summed E-state index contributed by atoms with van der Waals surface area (Å²) in [5.41, 5.74) is 2.42. The van der Waals surface area contributed by atoms with Crippen molar-refractivity contribution in [3.8, 4) is 0 Å². The van der Waals surface area contributed by atoms with Crippen molar-refractivity contribution < 1.29 is 10.6 Å². The summed E-state index contributed by atoms with van der Waals surface area (Å²) in [4.78, 5) is 31.0. The third kappa shape index (κ3) is 3.78. The minimum Gasteiger partial charge on any atom is -0.361 e. The van der Waals surface area contributed by atoms with Gasteiger partial charge in [0.25, 0.3) is 5.56 Å². The number of nitrogens with zero attached hydrogens (tertiary/aromatic N) is 2. The molecule has 3 aromatic rings. The Bertz CT molecular complexity index is 1190. The molecule has 2 aromatic heterocycles. The molecule has 31 heavy (non-hydrogen) atoms. The normalized spacial score (nSPS) is 21.4. The molecule has 1 saturated carbocycles. The van der Waals surface area contributed by atoms with Crippen LogP contribution in [0.15, 0.2) is 47.5 Å². The van der Waals surface area contributed by atoms with Gasteiger partial charge in [-0.15, -0.1) is 0 Å². The van der Waals surface area contributed by atoms with E-state index < -0.39 is 0 Å². The van der Waals surface area contributed by atoms with Crippen molar-refractivity contribution >= 4 is 16.8 Å². The van der Waals surface area contributed by atoms with Crippen LogP contribution in [0.2, 0.25) is 0 Å². The van der Waals surface area contributed by atoms with Gasteiger partial charge in [-0.3, -0.25) is 9.59 Å². The van der Waals surface area contributed by atoms with E-state index in [1.807, 2.05) is 23.2 Å². The number of aromatic nitrogens is 2. The number of fused-ring (bicyclic) bond motifs is 1. The van der Waals surface area contributed by atoms with Gasteiger partial charge in [-0.2, -0.15) is 0 Å². The molecule has 1 amide bonds. The van der Waals surface area contributed by atoms with Gasteiger partial charge in [0.05, 0.1) is 5.92 Å². The zero-order valence-corrected chi connectivity index (χ0v) is 17.6. The van der Waals surface area contributed by atoms with Crippen LogP contribution in [0, 0.1) is 11.7 Å². The lowest BCUT2D eigenvalue weighted by Crippen LogP contribution is -2.47. The number of amides is 1. The maximum atomic E-state index is 14.5. The third-order valence-electron chi connectivity index (χ3n) is 6.70. The quantitative estimate of drug-likeness (QED) is 0.661. The van der Waals surface area contributed by atoms with E-state index in [1.54, 1.807) is 29.9 Å². The first-order valence-electron chi connectivity index (χ1n) is 10.9. The SMILES string of the molecule is Cn1ccc([C@H]2CCNC[C@@H]2C(=O)N(Cc2c[nH]c3cccc(F)c23)C2CC2)cc1=O.[HH]. The van der Waals surface area contributed by atoms with Crippen molar-refractivity contribution in [3.05, 3.63) is 70.0 Å². The van der Waals surface area contributed by atoms with Crippen LogP contribution in [-0.4, -0.2) is 39.5 Å². The van der Waals surface area contributed by atoms with Crippen molar-refractivity contribution in [2.24, 2.45) is 13.0 Å². The summed E-state index contributed by atoms with van der Waals surface area (Å²) in [5, 5.41) is 3.92. The first-order valence-corrected chi connectivity index (χ1v) is 10.9. The molecule has 2 aliphatic rings. The molecule has 0 spiro atoms. The van der Waals surface area contributed by atoms with E-state index >= 15 is 0 Å². The number of aromatic amines is 1. The molecule has 0 radical (unpaired) electrons. The number of hydrogen-bond donors (Lipinski definition) is 2. The van der Waals surface area contributed by atoms with Crippen LogP contribution < -0.4 is 10.9 Å². The topological polar surface area (TPSA) is 70.1 Å². The Morgan fingerprint density at radius 2 is 2.13 bits per heavy atom. The fourth-order valence-electron chi connectivity index (χ4n) is 4.81. The molecule has 1 aliphatic carbocycles. The number of aryl methyl sites for hydroxylation is 1. The molecule has 2 atom stereocenters. The van der Waals surface area contributed by atoms with Gasteiger partial charge in [-0.05, 0) is 61.1 Å². The van der Waals surface area contributed by atoms with E-state index in [4.69, 9.17) is 0 Å². The Hall–Kier alpha value is -2.93. The first kappa shape index (κ1) is 20.0. The maximum Gasteiger partial charge on any atom is 0.250 e. The molecule has 2 N–H and O–H groups in total.